The molecule has 0 amide bonds. The van der Waals surface area contributed by atoms with Crippen LogP contribution in [0.2, 0.25) is 0 Å². The van der Waals surface area contributed by atoms with Crippen molar-refractivity contribution in [2.75, 3.05) is 0 Å². The van der Waals surface area contributed by atoms with Gasteiger partial charge >= 0.3 is 0 Å². The molecule has 7 aromatic carbocycles. The number of aryl methyl sites for hydroxylation is 1. The number of aromatic nitrogens is 1. The quantitative estimate of drug-likeness (QED) is 0.184. The molecule has 4 heterocycles. The van der Waals surface area contributed by atoms with E-state index in [2.05, 4.69) is 179 Å². The first kappa shape index (κ1) is 32.5. The second kappa shape index (κ2) is 12.9. The SMILES string of the molecule is C1=C(n2c3ccccc3c3ccccc32)CCc2c1sc1cccc(-c3cccc4c3oc3ccc(C5N=C(c6ccccc6)NC(c6ccccc6)N5)cc34)c21. The van der Waals surface area contributed by atoms with Crippen LogP contribution in [0.5, 0.6) is 0 Å². The molecule has 2 unspecified atom stereocenters. The van der Waals surface area contributed by atoms with E-state index < -0.39 is 0 Å². The van der Waals surface area contributed by atoms with Crippen molar-refractivity contribution in [2.45, 2.75) is 25.2 Å². The van der Waals surface area contributed by atoms with Crippen LogP contribution < -0.4 is 10.6 Å². The lowest BCUT2D eigenvalue weighted by Crippen LogP contribution is -2.44. The summed E-state index contributed by atoms with van der Waals surface area (Å²) in [6.07, 6.45) is 4.04. The zero-order chi connectivity index (χ0) is 37.5. The van der Waals surface area contributed by atoms with E-state index in [1.54, 1.807) is 0 Å². The summed E-state index contributed by atoms with van der Waals surface area (Å²) < 4.78 is 10.6. The van der Waals surface area contributed by atoms with Crippen LogP contribution in [0.3, 0.4) is 0 Å². The van der Waals surface area contributed by atoms with E-state index in [0.717, 1.165) is 62.9 Å². The Hall–Kier alpha value is -6.73. The lowest BCUT2D eigenvalue weighted by molar-refractivity contribution is 0.409. The van der Waals surface area contributed by atoms with Gasteiger partial charge in [0.15, 0.2) is 0 Å². The molecule has 0 bridgehead atoms. The van der Waals surface area contributed by atoms with E-state index in [9.17, 15) is 0 Å². The summed E-state index contributed by atoms with van der Waals surface area (Å²) in [6, 6.07) is 58.3. The standard InChI is InChI=1S/C51H36N4OS/c1-3-13-31(14-4-1)49-52-50(32-15-5-2-6-16-32)54-51(53-49)33-25-28-44-41(29-33)39-21-11-20-38(48(39)56-44)37-19-12-24-45-47(37)40-27-26-34(30-46(40)57-45)55-42-22-9-7-17-35(42)36-18-8-10-23-43(36)55/h1-25,28-30,49,51,53H,26-27H2,(H,52,54). The number of amidine groups is 1. The molecule has 3 aromatic heterocycles. The van der Waals surface area contributed by atoms with Crippen molar-refractivity contribution in [1.82, 2.24) is 15.2 Å². The van der Waals surface area contributed by atoms with Gasteiger partial charge in [-0.2, -0.15) is 0 Å². The van der Waals surface area contributed by atoms with Crippen molar-refractivity contribution in [1.29, 1.82) is 0 Å². The highest BCUT2D eigenvalue weighted by atomic mass is 32.1. The molecule has 0 radical (unpaired) electrons. The average Bonchev–Trinajstić information content (AvgIpc) is 3.96. The number of furan rings is 1. The third kappa shape index (κ3) is 5.22. The van der Waals surface area contributed by atoms with Crippen molar-refractivity contribution in [3.8, 4) is 11.1 Å². The third-order valence-corrected chi connectivity index (χ3v) is 13.0. The molecular weight excluding hydrogens is 717 g/mol. The van der Waals surface area contributed by atoms with Gasteiger partial charge in [-0.3, -0.25) is 5.32 Å². The maximum Gasteiger partial charge on any atom is 0.143 e. The van der Waals surface area contributed by atoms with Crippen molar-refractivity contribution >= 4 is 82.8 Å². The van der Waals surface area contributed by atoms with E-state index in [1.807, 2.05) is 17.4 Å². The van der Waals surface area contributed by atoms with Gasteiger partial charge < -0.3 is 14.3 Å². The van der Waals surface area contributed by atoms with Gasteiger partial charge in [-0.25, -0.2) is 4.99 Å². The van der Waals surface area contributed by atoms with Crippen molar-refractivity contribution in [2.24, 2.45) is 4.99 Å². The fourth-order valence-corrected chi connectivity index (χ4v) is 10.4. The smallest absolute Gasteiger partial charge is 0.143 e. The molecule has 1 aliphatic carbocycles. The predicted molar refractivity (Wildman–Crippen MR) is 238 cm³/mol. The molecule has 0 spiro atoms. The van der Waals surface area contributed by atoms with Gasteiger partial charge in [0.05, 0.1) is 11.0 Å². The van der Waals surface area contributed by atoms with E-state index in [-0.39, 0.29) is 12.3 Å². The molecule has 2 aliphatic rings. The molecular formula is C51H36N4OS. The number of para-hydroxylation sites is 3. The van der Waals surface area contributed by atoms with E-state index in [4.69, 9.17) is 9.41 Å². The Morgan fingerprint density at radius 2 is 1.32 bits per heavy atom. The Labute approximate surface area is 333 Å². The minimum atomic E-state index is -0.254. The number of nitrogens with zero attached hydrogens (tertiary/aromatic N) is 2. The van der Waals surface area contributed by atoms with E-state index in [0.29, 0.717) is 0 Å². The number of benzene rings is 7. The summed E-state index contributed by atoms with van der Waals surface area (Å²) in [5.74, 6) is 0.872. The normalized spacial score (nSPS) is 16.9. The molecule has 0 fully saturated rings. The number of fused-ring (bicyclic) bond motifs is 9. The highest BCUT2D eigenvalue weighted by Crippen LogP contribution is 2.46. The number of allylic oxidation sites excluding steroid dienone is 1. The highest BCUT2D eigenvalue weighted by molar-refractivity contribution is 7.20. The van der Waals surface area contributed by atoms with Crippen LogP contribution in [0, 0.1) is 0 Å². The van der Waals surface area contributed by atoms with Crippen LogP contribution in [0.1, 0.15) is 45.9 Å². The second-order valence-electron chi connectivity index (χ2n) is 15.1. The first-order valence-electron chi connectivity index (χ1n) is 19.6. The van der Waals surface area contributed by atoms with E-state index in [1.165, 1.54) is 53.6 Å². The number of hydrogen-bond acceptors (Lipinski definition) is 5. The summed E-state index contributed by atoms with van der Waals surface area (Å²) in [5.41, 5.74) is 12.8. The van der Waals surface area contributed by atoms with Crippen molar-refractivity contribution < 1.29 is 4.42 Å². The minimum absolute atomic E-state index is 0.0998. The second-order valence-corrected chi connectivity index (χ2v) is 16.2. The Morgan fingerprint density at radius 3 is 2.12 bits per heavy atom. The topological polar surface area (TPSA) is 54.5 Å². The molecule has 0 saturated heterocycles. The molecule has 2 N–H and O–H groups in total. The number of hydrogen-bond donors (Lipinski definition) is 2. The highest BCUT2D eigenvalue weighted by Gasteiger charge is 2.27. The molecule has 12 rings (SSSR count). The number of rotatable bonds is 5. The van der Waals surface area contributed by atoms with Crippen LogP contribution >= 0.6 is 11.3 Å². The lowest BCUT2D eigenvalue weighted by atomic mass is 9.92. The minimum Gasteiger partial charge on any atom is -0.455 e. The Bertz CT molecular complexity index is 3210. The van der Waals surface area contributed by atoms with Gasteiger partial charge in [-0.05, 0) is 71.5 Å². The summed E-state index contributed by atoms with van der Waals surface area (Å²) in [7, 11) is 0. The van der Waals surface area contributed by atoms with Crippen LogP contribution in [0.15, 0.2) is 173 Å². The first-order chi connectivity index (χ1) is 28.2. The molecule has 2 atom stereocenters. The summed E-state index contributed by atoms with van der Waals surface area (Å²) >= 11 is 1.90. The molecule has 1 aliphatic heterocycles. The van der Waals surface area contributed by atoms with Crippen LogP contribution in [0.25, 0.3) is 76.7 Å². The number of aliphatic imine (C=N–C) groups is 1. The fraction of sp³-hybridized carbons (Fsp3) is 0.0784. The Morgan fingerprint density at radius 1 is 0.614 bits per heavy atom. The number of nitrogens with one attached hydrogen (secondary N) is 2. The summed E-state index contributed by atoms with van der Waals surface area (Å²) in [6.45, 7) is 0. The van der Waals surface area contributed by atoms with Crippen molar-refractivity contribution in [3.63, 3.8) is 0 Å². The molecule has 6 heteroatoms. The summed E-state index contributed by atoms with van der Waals surface area (Å²) in [5, 5.41) is 13.6. The molecule has 0 saturated carbocycles. The predicted octanol–water partition coefficient (Wildman–Crippen LogP) is 12.9. The third-order valence-electron chi connectivity index (χ3n) is 11.8. The maximum atomic E-state index is 6.80. The van der Waals surface area contributed by atoms with Gasteiger partial charge in [-0.15, -0.1) is 11.3 Å². The zero-order valence-electron chi connectivity index (χ0n) is 30.9. The number of thiophene rings is 1. The zero-order valence-corrected chi connectivity index (χ0v) is 31.8. The maximum absolute atomic E-state index is 6.80. The largest absolute Gasteiger partial charge is 0.455 e. The Kier molecular flexibility index (Phi) is 7.37. The van der Waals surface area contributed by atoms with Crippen molar-refractivity contribution in [3.05, 3.63) is 191 Å². The fourth-order valence-electron chi connectivity index (χ4n) is 9.19. The monoisotopic (exact) mass is 752 g/mol. The molecule has 10 aromatic rings. The molecule has 5 nitrogen and oxygen atoms in total. The lowest BCUT2D eigenvalue weighted by Gasteiger charge is -2.32. The average molecular weight is 753 g/mol. The van der Waals surface area contributed by atoms with Gasteiger partial charge in [-0.1, -0.05) is 133 Å². The van der Waals surface area contributed by atoms with Gasteiger partial charge in [0.2, 0.25) is 0 Å². The van der Waals surface area contributed by atoms with Gasteiger partial charge in [0.1, 0.15) is 29.3 Å². The van der Waals surface area contributed by atoms with Crippen LogP contribution in [-0.4, -0.2) is 10.4 Å². The van der Waals surface area contributed by atoms with E-state index >= 15 is 0 Å². The summed E-state index contributed by atoms with van der Waals surface area (Å²) in [4.78, 5) is 6.56. The van der Waals surface area contributed by atoms with Crippen LogP contribution in [-0.2, 0) is 6.42 Å². The van der Waals surface area contributed by atoms with Gasteiger partial charge in [0.25, 0.3) is 0 Å². The Balaban J connectivity index is 0.960. The molecule has 272 valence electrons. The molecule has 57 heavy (non-hydrogen) atoms. The van der Waals surface area contributed by atoms with Gasteiger partial charge in [0, 0.05) is 53.3 Å². The first-order valence-corrected chi connectivity index (χ1v) is 20.5. The van der Waals surface area contributed by atoms with Crippen LogP contribution in [0.4, 0.5) is 0 Å².